The summed E-state index contributed by atoms with van der Waals surface area (Å²) in [4.78, 5) is 0. The van der Waals surface area contributed by atoms with Crippen molar-refractivity contribution in [1.29, 1.82) is 0 Å². The zero-order valence-electron chi connectivity index (χ0n) is 12.5. The van der Waals surface area contributed by atoms with Gasteiger partial charge in [0, 0.05) is 0 Å². The van der Waals surface area contributed by atoms with Crippen molar-refractivity contribution in [3.8, 4) is 0 Å². The Morgan fingerprint density at radius 2 is 1.44 bits per heavy atom. The molecule has 1 rings (SSSR count). The van der Waals surface area contributed by atoms with Crippen molar-refractivity contribution in [2.45, 2.75) is 61.3 Å². The zero-order valence-corrected chi connectivity index (χ0v) is 12.5. The predicted octanol–water partition coefficient (Wildman–Crippen LogP) is 5.23. The maximum Gasteiger partial charge on any atom is -0.0327 e. The topological polar surface area (TPSA) is 0 Å². The van der Waals surface area contributed by atoms with Crippen LogP contribution in [0.25, 0.3) is 0 Å². The molecular formula is C16H32. The Labute approximate surface area is 103 Å². The standard InChI is InChI=1S/C16H32/c1-8-10(3)11(4)16-14(7)12(5)13(6)15(16)9-2/h10-16H,8-9H2,1-7H3. The molecular weight excluding hydrogens is 192 g/mol. The predicted molar refractivity (Wildman–Crippen MR) is 73.4 cm³/mol. The summed E-state index contributed by atoms with van der Waals surface area (Å²) in [6.07, 6.45) is 2.71. The molecule has 0 aromatic rings. The minimum atomic E-state index is 0.888. The van der Waals surface area contributed by atoms with Crippen LogP contribution in [0.3, 0.4) is 0 Å². The fourth-order valence-electron chi connectivity index (χ4n) is 4.22. The molecule has 1 aliphatic carbocycles. The van der Waals surface area contributed by atoms with Crippen molar-refractivity contribution in [3.63, 3.8) is 0 Å². The van der Waals surface area contributed by atoms with E-state index in [0.717, 1.165) is 41.4 Å². The van der Waals surface area contributed by atoms with Crippen LogP contribution in [-0.4, -0.2) is 0 Å². The Kier molecular flexibility index (Phi) is 4.88. The molecule has 0 heteroatoms. The molecule has 16 heavy (non-hydrogen) atoms. The van der Waals surface area contributed by atoms with Gasteiger partial charge in [-0.2, -0.15) is 0 Å². The van der Waals surface area contributed by atoms with E-state index >= 15 is 0 Å². The van der Waals surface area contributed by atoms with Crippen LogP contribution in [0.2, 0.25) is 0 Å². The quantitative estimate of drug-likeness (QED) is 0.613. The van der Waals surface area contributed by atoms with E-state index in [9.17, 15) is 0 Å². The van der Waals surface area contributed by atoms with Gasteiger partial charge >= 0.3 is 0 Å². The van der Waals surface area contributed by atoms with Crippen LogP contribution < -0.4 is 0 Å². The van der Waals surface area contributed by atoms with Gasteiger partial charge in [-0.15, -0.1) is 0 Å². The lowest BCUT2D eigenvalue weighted by Gasteiger charge is -2.33. The van der Waals surface area contributed by atoms with Crippen LogP contribution in [-0.2, 0) is 0 Å². The van der Waals surface area contributed by atoms with E-state index in [1.54, 1.807) is 0 Å². The highest BCUT2D eigenvalue weighted by molar-refractivity contribution is 4.93. The smallest absolute Gasteiger partial charge is 0.0327 e. The van der Waals surface area contributed by atoms with Gasteiger partial charge in [0.1, 0.15) is 0 Å². The molecule has 96 valence electrons. The Balaban J connectivity index is 2.84. The van der Waals surface area contributed by atoms with Gasteiger partial charge < -0.3 is 0 Å². The van der Waals surface area contributed by atoms with E-state index in [2.05, 4.69) is 48.5 Å². The second-order valence-electron chi connectivity index (χ2n) is 6.47. The third-order valence-electron chi connectivity index (χ3n) is 6.06. The Morgan fingerprint density at radius 3 is 1.88 bits per heavy atom. The summed E-state index contributed by atoms with van der Waals surface area (Å²) in [5.74, 6) is 6.48. The van der Waals surface area contributed by atoms with Crippen LogP contribution in [0.1, 0.15) is 61.3 Å². The first-order valence-corrected chi connectivity index (χ1v) is 7.45. The van der Waals surface area contributed by atoms with Crippen molar-refractivity contribution in [2.24, 2.45) is 41.4 Å². The van der Waals surface area contributed by atoms with Gasteiger partial charge in [-0.05, 0) is 41.4 Å². The molecule has 1 aliphatic rings. The minimum Gasteiger partial charge on any atom is -0.0651 e. The summed E-state index contributed by atoms with van der Waals surface area (Å²) >= 11 is 0. The molecule has 0 aromatic carbocycles. The van der Waals surface area contributed by atoms with E-state index in [1.807, 2.05) is 0 Å². The molecule has 0 bridgehead atoms. The zero-order chi connectivity index (χ0) is 12.5. The lowest BCUT2D eigenvalue weighted by atomic mass is 9.72. The molecule has 0 radical (unpaired) electrons. The highest BCUT2D eigenvalue weighted by atomic mass is 14.5. The maximum absolute atomic E-state index is 2.50. The Morgan fingerprint density at radius 1 is 0.875 bits per heavy atom. The Hall–Kier alpha value is 0. The molecule has 0 spiro atoms. The lowest BCUT2D eigenvalue weighted by molar-refractivity contribution is 0.154. The van der Waals surface area contributed by atoms with Gasteiger partial charge in [0.25, 0.3) is 0 Å². The van der Waals surface area contributed by atoms with Gasteiger partial charge in [-0.1, -0.05) is 61.3 Å². The van der Waals surface area contributed by atoms with Crippen molar-refractivity contribution in [2.75, 3.05) is 0 Å². The summed E-state index contributed by atoms with van der Waals surface area (Å²) in [7, 11) is 0. The maximum atomic E-state index is 2.50. The molecule has 1 fully saturated rings. The summed E-state index contributed by atoms with van der Waals surface area (Å²) in [6, 6.07) is 0. The lowest BCUT2D eigenvalue weighted by Crippen LogP contribution is -2.27. The van der Waals surface area contributed by atoms with E-state index in [4.69, 9.17) is 0 Å². The Bertz CT molecular complexity index is 208. The third kappa shape index (κ3) is 2.31. The molecule has 0 saturated heterocycles. The van der Waals surface area contributed by atoms with E-state index < -0.39 is 0 Å². The van der Waals surface area contributed by atoms with Gasteiger partial charge in [0.05, 0.1) is 0 Å². The summed E-state index contributed by atoms with van der Waals surface area (Å²) in [5.41, 5.74) is 0. The number of hydrogen-bond donors (Lipinski definition) is 0. The highest BCUT2D eigenvalue weighted by Crippen LogP contribution is 2.51. The SMILES string of the molecule is CCC(C)C(C)C1C(C)C(C)C(C)C1CC. The van der Waals surface area contributed by atoms with Gasteiger partial charge in [-0.25, -0.2) is 0 Å². The molecule has 0 nitrogen and oxygen atoms in total. The van der Waals surface area contributed by atoms with Crippen LogP contribution in [0, 0.1) is 41.4 Å². The first-order chi connectivity index (χ1) is 7.45. The van der Waals surface area contributed by atoms with Gasteiger partial charge in [0.2, 0.25) is 0 Å². The minimum absolute atomic E-state index is 0.888. The van der Waals surface area contributed by atoms with Crippen LogP contribution in [0.15, 0.2) is 0 Å². The number of rotatable bonds is 4. The second kappa shape index (κ2) is 5.56. The summed E-state index contributed by atoms with van der Waals surface area (Å²) in [5, 5.41) is 0. The summed E-state index contributed by atoms with van der Waals surface area (Å²) < 4.78 is 0. The van der Waals surface area contributed by atoms with Crippen LogP contribution in [0.5, 0.6) is 0 Å². The molecule has 1 saturated carbocycles. The van der Waals surface area contributed by atoms with Crippen molar-refractivity contribution < 1.29 is 0 Å². The molecule has 0 aromatic heterocycles. The van der Waals surface area contributed by atoms with Crippen LogP contribution >= 0.6 is 0 Å². The number of hydrogen-bond acceptors (Lipinski definition) is 0. The fourth-order valence-corrected chi connectivity index (χ4v) is 4.22. The molecule has 0 N–H and O–H groups in total. The monoisotopic (exact) mass is 224 g/mol. The average molecular weight is 224 g/mol. The molecule has 7 unspecified atom stereocenters. The molecule has 0 heterocycles. The van der Waals surface area contributed by atoms with E-state index in [0.29, 0.717) is 0 Å². The van der Waals surface area contributed by atoms with Crippen molar-refractivity contribution in [1.82, 2.24) is 0 Å². The normalized spacial score (nSPS) is 43.3. The average Bonchev–Trinajstić information content (AvgIpc) is 2.51. The first-order valence-electron chi connectivity index (χ1n) is 7.45. The van der Waals surface area contributed by atoms with Crippen molar-refractivity contribution >= 4 is 0 Å². The second-order valence-corrected chi connectivity index (χ2v) is 6.47. The van der Waals surface area contributed by atoms with Crippen LogP contribution in [0.4, 0.5) is 0 Å². The third-order valence-corrected chi connectivity index (χ3v) is 6.06. The molecule has 0 amide bonds. The van der Waals surface area contributed by atoms with E-state index in [1.165, 1.54) is 12.8 Å². The first kappa shape index (κ1) is 14.1. The van der Waals surface area contributed by atoms with Gasteiger partial charge in [-0.3, -0.25) is 0 Å². The van der Waals surface area contributed by atoms with Crippen molar-refractivity contribution in [3.05, 3.63) is 0 Å². The fraction of sp³-hybridized carbons (Fsp3) is 1.00. The largest absolute Gasteiger partial charge is 0.0651 e. The van der Waals surface area contributed by atoms with E-state index in [-0.39, 0.29) is 0 Å². The summed E-state index contributed by atoms with van der Waals surface area (Å²) in [6.45, 7) is 17.1. The van der Waals surface area contributed by atoms with Gasteiger partial charge in [0.15, 0.2) is 0 Å². The molecule has 0 aliphatic heterocycles. The molecule has 7 atom stereocenters. The highest BCUT2D eigenvalue weighted by Gasteiger charge is 2.45.